The molecular weight excluding hydrogens is 158 g/mol. The summed E-state index contributed by atoms with van der Waals surface area (Å²) in [4.78, 5) is 9.00. The van der Waals surface area contributed by atoms with E-state index in [1.165, 1.54) is 12.8 Å². The van der Waals surface area contributed by atoms with Crippen LogP contribution in [0, 0.1) is 0 Å². The maximum atomic E-state index is 9.00. The number of nitrogens with one attached hydrogen (secondary N) is 1. The molecule has 0 spiro atoms. The van der Waals surface area contributed by atoms with Crippen molar-refractivity contribution in [2.45, 2.75) is 25.8 Å². The van der Waals surface area contributed by atoms with Crippen molar-refractivity contribution >= 4 is 5.97 Å². The van der Waals surface area contributed by atoms with Crippen LogP contribution in [0.2, 0.25) is 0 Å². The van der Waals surface area contributed by atoms with Crippen molar-refractivity contribution in [3.8, 4) is 0 Å². The van der Waals surface area contributed by atoms with Crippen LogP contribution in [0.25, 0.3) is 0 Å². The average Bonchev–Trinajstić information content (AvgIpc) is 2.05. The van der Waals surface area contributed by atoms with Crippen molar-refractivity contribution in [1.82, 2.24) is 5.32 Å². The lowest BCUT2D eigenvalue weighted by atomic mass is 10.1. The predicted molar refractivity (Wildman–Crippen MR) is 46.2 cm³/mol. The number of ether oxygens (including phenoxy) is 1. The van der Waals surface area contributed by atoms with E-state index in [2.05, 4.69) is 5.32 Å². The van der Waals surface area contributed by atoms with E-state index in [9.17, 15) is 0 Å². The molecule has 0 aromatic rings. The van der Waals surface area contributed by atoms with E-state index in [0.717, 1.165) is 20.1 Å². The lowest BCUT2D eigenvalue weighted by Crippen LogP contribution is -2.31. The number of carboxylic acids is 1. The second kappa shape index (κ2) is 7.06. The van der Waals surface area contributed by atoms with E-state index in [1.54, 1.807) is 0 Å². The Morgan fingerprint density at radius 2 is 1.92 bits per heavy atom. The molecule has 0 atom stereocenters. The summed E-state index contributed by atoms with van der Waals surface area (Å²) in [6.45, 7) is 2.96. The molecule has 0 bridgehead atoms. The average molecular weight is 175 g/mol. The van der Waals surface area contributed by atoms with Crippen molar-refractivity contribution in [3.05, 3.63) is 0 Å². The van der Waals surface area contributed by atoms with Gasteiger partial charge in [0.1, 0.15) is 0 Å². The van der Waals surface area contributed by atoms with Gasteiger partial charge in [0.2, 0.25) is 0 Å². The second-order valence-electron chi connectivity index (χ2n) is 2.69. The molecular formula is C8H17NO3. The minimum Gasteiger partial charge on any atom is -0.481 e. The number of carbonyl (C=O) groups is 1. The second-order valence-corrected chi connectivity index (χ2v) is 2.69. The molecule has 1 heterocycles. The largest absolute Gasteiger partial charge is 0.481 e. The molecule has 0 amide bonds. The van der Waals surface area contributed by atoms with Crippen molar-refractivity contribution in [2.24, 2.45) is 0 Å². The molecule has 12 heavy (non-hydrogen) atoms. The third kappa shape index (κ3) is 7.50. The van der Waals surface area contributed by atoms with Crippen LogP contribution in [0.3, 0.4) is 0 Å². The van der Waals surface area contributed by atoms with Crippen LogP contribution in [0.5, 0.6) is 0 Å². The SMILES string of the molecule is CC(=O)O.CNC1CCOCC1. The molecule has 1 saturated heterocycles. The number of rotatable bonds is 1. The lowest BCUT2D eigenvalue weighted by molar-refractivity contribution is -0.134. The number of carboxylic acid groups (broad SMARTS) is 1. The molecule has 2 N–H and O–H groups in total. The first-order valence-corrected chi connectivity index (χ1v) is 4.11. The van der Waals surface area contributed by atoms with Gasteiger partial charge in [-0.2, -0.15) is 0 Å². The number of aliphatic carboxylic acids is 1. The summed E-state index contributed by atoms with van der Waals surface area (Å²) in [5.74, 6) is -0.833. The maximum absolute atomic E-state index is 9.00. The zero-order valence-corrected chi connectivity index (χ0v) is 7.67. The molecule has 0 radical (unpaired) electrons. The summed E-state index contributed by atoms with van der Waals surface area (Å²) in [6.07, 6.45) is 2.35. The zero-order chi connectivity index (χ0) is 9.40. The highest BCUT2D eigenvalue weighted by molar-refractivity contribution is 5.62. The van der Waals surface area contributed by atoms with Gasteiger partial charge in [-0.3, -0.25) is 4.79 Å². The minimum absolute atomic E-state index is 0.712. The Morgan fingerprint density at radius 1 is 1.50 bits per heavy atom. The van der Waals surface area contributed by atoms with Crippen LogP contribution in [0.15, 0.2) is 0 Å². The van der Waals surface area contributed by atoms with Crippen LogP contribution < -0.4 is 5.32 Å². The Bertz CT molecular complexity index is 117. The van der Waals surface area contributed by atoms with E-state index >= 15 is 0 Å². The number of hydrogen-bond donors (Lipinski definition) is 2. The van der Waals surface area contributed by atoms with Crippen LogP contribution >= 0.6 is 0 Å². The smallest absolute Gasteiger partial charge is 0.300 e. The third-order valence-corrected chi connectivity index (χ3v) is 1.63. The van der Waals surface area contributed by atoms with Crippen molar-refractivity contribution in [1.29, 1.82) is 0 Å². The van der Waals surface area contributed by atoms with E-state index in [4.69, 9.17) is 14.6 Å². The van der Waals surface area contributed by atoms with E-state index < -0.39 is 5.97 Å². The van der Waals surface area contributed by atoms with Crippen LogP contribution in [-0.2, 0) is 9.53 Å². The van der Waals surface area contributed by atoms with Crippen molar-refractivity contribution in [2.75, 3.05) is 20.3 Å². The highest BCUT2D eigenvalue weighted by atomic mass is 16.5. The Kier molecular flexibility index (Phi) is 6.70. The molecule has 0 aliphatic carbocycles. The Labute approximate surface area is 72.9 Å². The van der Waals surface area contributed by atoms with Gasteiger partial charge in [-0.05, 0) is 19.9 Å². The van der Waals surface area contributed by atoms with Gasteiger partial charge in [-0.1, -0.05) is 0 Å². The first kappa shape index (κ1) is 11.4. The molecule has 4 nitrogen and oxygen atoms in total. The van der Waals surface area contributed by atoms with Crippen molar-refractivity contribution in [3.63, 3.8) is 0 Å². The zero-order valence-electron chi connectivity index (χ0n) is 7.67. The summed E-state index contributed by atoms with van der Waals surface area (Å²) in [5, 5.41) is 10.6. The lowest BCUT2D eigenvalue weighted by Gasteiger charge is -2.20. The monoisotopic (exact) mass is 175 g/mol. The summed E-state index contributed by atoms with van der Waals surface area (Å²) in [6, 6.07) is 0.712. The van der Waals surface area contributed by atoms with Crippen LogP contribution in [-0.4, -0.2) is 37.4 Å². The molecule has 1 fully saturated rings. The first-order valence-electron chi connectivity index (χ1n) is 4.11. The minimum atomic E-state index is -0.833. The third-order valence-electron chi connectivity index (χ3n) is 1.63. The highest BCUT2D eigenvalue weighted by Gasteiger charge is 2.09. The Hall–Kier alpha value is -0.610. The highest BCUT2D eigenvalue weighted by Crippen LogP contribution is 2.04. The summed E-state index contributed by atoms with van der Waals surface area (Å²) in [5.41, 5.74) is 0. The normalized spacial score (nSPS) is 17.8. The van der Waals surface area contributed by atoms with Gasteiger partial charge in [0.15, 0.2) is 0 Å². The molecule has 4 heteroatoms. The predicted octanol–water partition coefficient (Wildman–Crippen LogP) is 0.476. The van der Waals surface area contributed by atoms with Gasteiger partial charge >= 0.3 is 0 Å². The fraction of sp³-hybridized carbons (Fsp3) is 0.875. The molecule has 0 unspecified atom stereocenters. The summed E-state index contributed by atoms with van der Waals surface area (Å²) < 4.78 is 5.16. The summed E-state index contributed by atoms with van der Waals surface area (Å²) >= 11 is 0. The molecule has 0 saturated carbocycles. The van der Waals surface area contributed by atoms with Gasteiger partial charge < -0.3 is 15.2 Å². The quantitative estimate of drug-likeness (QED) is 0.608. The summed E-state index contributed by atoms with van der Waals surface area (Å²) in [7, 11) is 2.01. The van der Waals surface area contributed by atoms with E-state index in [-0.39, 0.29) is 0 Å². The van der Waals surface area contributed by atoms with Gasteiger partial charge in [0.05, 0.1) is 0 Å². The molecule has 1 aliphatic heterocycles. The van der Waals surface area contributed by atoms with E-state index in [0.29, 0.717) is 6.04 Å². The maximum Gasteiger partial charge on any atom is 0.300 e. The van der Waals surface area contributed by atoms with E-state index in [1.807, 2.05) is 7.05 Å². The molecule has 1 aliphatic rings. The van der Waals surface area contributed by atoms with Crippen LogP contribution in [0.4, 0.5) is 0 Å². The Balaban J connectivity index is 0.000000261. The Morgan fingerprint density at radius 3 is 2.17 bits per heavy atom. The number of hydrogen-bond acceptors (Lipinski definition) is 3. The van der Waals surface area contributed by atoms with Gasteiger partial charge in [-0.25, -0.2) is 0 Å². The molecule has 0 aromatic heterocycles. The van der Waals surface area contributed by atoms with Crippen molar-refractivity contribution < 1.29 is 14.6 Å². The van der Waals surface area contributed by atoms with Gasteiger partial charge in [0.25, 0.3) is 5.97 Å². The molecule has 0 aromatic carbocycles. The molecule has 1 rings (SSSR count). The van der Waals surface area contributed by atoms with Gasteiger partial charge in [0, 0.05) is 26.2 Å². The van der Waals surface area contributed by atoms with Gasteiger partial charge in [-0.15, -0.1) is 0 Å². The first-order chi connectivity index (χ1) is 5.66. The standard InChI is InChI=1S/C6H13NO.C2H4O2/c1-7-6-2-4-8-5-3-6;1-2(3)4/h6-7H,2-5H2,1H3;1H3,(H,3,4). The fourth-order valence-corrected chi connectivity index (χ4v) is 0.986. The fourth-order valence-electron chi connectivity index (χ4n) is 0.986. The molecule has 72 valence electrons. The topological polar surface area (TPSA) is 58.6 Å². The van der Waals surface area contributed by atoms with Crippen LogP contribution in [0.1, 0.15) is 19.8 Å².